The second kappa shape index (κ2) is 10.6. The molecule has 0 aliphatic rings. The molecular weight excluding hydrogens is 282 g/mol. The summed E-state index contributed by atoms with van der Waals surface area (Å²) in [6.45, 7) is 3.65. The van der Waals surface area contributed by atoms with E-state index in [0.717, 1.165) is 12.1 Å². The first-order chi connectivity index (χ1) is 10.7. The number of ether oxygens (including phenoxy) is 1. The second-order valence-corrected chi connectivity index (χ2v) is 4.76. The number of carbonyl (C=O) groups is 1. The van der Waals surface area contributed by atoms with Gasteiger partial charge in [-0.25, -0.2) is 0 Å². The maximum atomic E-state index is 11.1. The highest BCUT2D eigenvalue weighted by atomic mass is 16.5. The molecular formula is C16H25N3O3. The van der Waals surface area contributed by atoms with E-state index in [-0.39, 0.29) is 24.9 Å². The number of guanidine groups is 1. The van der Waals surface area contributed by atoms with E-state index in [4.69, 9.17) is 0 Å². The van der Waals surface area contributed by atoms with Gasteiger partial charge in [0.25, 0.3) is 0 Å². The van der Waals surface area contributed by atoms with Crippen molar-refractivity contribution < 1.29 is 14.6 Å². The Bertz CT molecular complexity index is 463. The Hall–Kier alpha value is -2.08. The molecule has 122 valence electrons. The van der Waals surface area contributed by atoms with E-state index in [0.29, 0.717) is 19.0 Å². The highest BCUT2D eigenvalue weighted by molar-refractivity contribution is 5.80. The lowest BCUT2D eigenvalue weighted by atomic mass is 10.0. The van der Waals surface area contributed by atoms with Crippen LogP contribution in [0.4, 0.5) is 0 Å². The maximum Gasteiger partial charge on any atom is 0.307 e. The number of carbonyl (C=O) groups excluding carboxylic acids is 1. The van der Waals surface area contributed by atoms with Crippen molar-refractivity contribution in [2.75, 3.05) is 33.4 Å². The molecule has 1 unspecified atom stereocenters. The van der Waals surface area contributed by atoms with Crippen molar-refractivity contribution in [3.63, 3.8) is 0 Å². The minimum atomic E-state index is -0.263. The lowest BCUT2D eigenvalue weighted by Gasteiger charge is -2.15. The summed E-state index contributed by atoms with van der Waals surface area (Å²) in [5, 5.41) is 15.7. The van der Waals surface area contributed by atoms with Gasteiger partial charge >= 0.3 is 5.97 Å². The van der Waals surface area contributed by atoms with Crippen molar-refractivity contribution in [1.82, 2.24) is 10.6 Å². The molecule has 6 heteroatoms. The van der Waals surface area contributed by atoms with E-state index < -0.39 is 0 Å². The van der Waals surface area contributed by atoms with Gasteiger partial charge in [-0.1, -0.05) is 30.3 Å². The first kappa shape index (κ1) is 18.0. The number of hydrogen-bond donors (Lipinski definition) is 3. The Morgan fingerprint density at radius 1 is 1.32 bits per heavy atom. The van der Waals surface area contributed by atoms with E-state index in [9.17, 15) is 9.90 Å². The summed E-state index contributed by atoms with van der Waals surface area (Å²) in [5.41, 5.74) is 1.05. The molecule has 0 bridgehead atoms. The van der Waals surface area contributed by atoms with E-state index in [1.165, 1.54) is 7.11 Å². The van der Waals surface area contributed by atoms with Crippen LogP contribution in [0.25, 0.3) is 0 Å². The molecule has 0 aliphatic carbocycles. The summed E-state index contributed by atoms with van der Waals surface area (Å²) < 4.78 is 4.59. The number of benzene rings is 1. The maximum absolute atomic E-state index is 11.1. The molecule has 1 aromatic carbocycles. The molecule has 22 heavy (non-hydrogen) atoms. The molecule has 0 fully saturated rings. The van der Waals surface area contributed by atoms with Crippen LogP contribution in [0.15, 0.2) is 35.3 Å². The quantitative estimate of drug-likeness (QED) is 0.377. The van der Waals surface area contributed by atoms with Gasteiger partial charge in [-0.3, -0.25) is 9.79 Å². The SMILES string of the molecule is CCNC(=NCC(CO)c1ccccc1)NCCC(=O)OC. The average Bonchev–Trinajstić information content (AvgIpc) is 2.56. The van der Waals surface area contributed by atoms with Gasteiger partial charge in [0.1, 0.15) is 0 Å². The fourth-order valence-electron chi connectivity index (χ4n) is 1.92. The Kier molecular flexibility index (Phi) is 8.67. The van der Waals surface area contributed by atoms with E-state index in [2.05, 4.69) is 20.4 Å². The largest absolute Gasteiger partial charge is 0.469 e. The molecule has 0 aromatic heterocycles. The minimum Gasteiger partial charge on any atom is -0.469 e. The monoisotopic (exact) mass is 307 g/mol. The number of rotatable bonds is 8. The van der Waals surface area contributed by atoms with Gasteiger partial charge in [-0.05, 0) is 12.5 Å². The van der Waals surface area contributed by atoms with Crippen molar-refractivity contribution in [1.29, 1.82) is 0 Å². The normalized spacial score (nSPS) is 12.6. The molecule has 0 spiro atoms. The predicted octanol–water partition coefficient (Wildman–Crippen LogP) is 0.881. The number of esters is 1. The van der Waals surface area contributed by atoms with Crippen LogP contribution < -0.4 is 10.6 Å². The number of nitrogens with zero attached hydrogens (tertiary/aromatic N) is 1. The third-order valence-corrected chi connectivity index (χ3v) is 3.15. The number of aliphatic hydroxyl groups excluding tert-OH is 1. The van der Waals surface area contributed by atoms with E-state index >= 15 is 0 Å². The van der Waals surface area contributed by atoms with Crippen LogP contribution >= 0.6 is 0 Å². The Balaban J connectivity index is 2.57. The van der Waals surface area contributed by atoms with Crippen molar-refractivity contribution in [2.24, 2.45) is 4.99 Å². The zero-order valence-electron chi connectivity index (χ0n) is 13.2. The second-order valence-electron chi connectivity index (χ2n) is 4.76. The Labute approximate surface area is 131 Å². The first-order valence-corrected chi connectivity index (χ1v) is 7.46. The smallest absolute Gasteiger partial charge is 0.307 e. The van der Waals surface area contributed by atoms with Gasteiger partial charge in [0.15, 0.2) is 5.96 Å². The summed E-state index contributed by atoms with van der Waals surface area (Å²) in [6.07, 6.45) is 0.281. The first-order valence-electron chi connectivity index (χ1n) is 7.46. The fourth-order valence-corrected chi connectivity index (χ4v) is 1.92. The van der Waals surface area contributed by atoms with Crippen molar-refractivity contribution in [2.45, 2.75) is 19.3 Å². The molecule has 0 radical (unpaired) electrons. The van der Waals surface area contributed by atoms with Crippen molar-refractivity contribution in [3.8, 4) is 0 Å². The molecule has 0 aliphatic heterocycles. The van der Waals surface area contributed by atoms with E-state index in [1.807, 2.05) is 37.3 Å². The number of aliphatic imine (C=N–C) groups is 1. The summed E-state index contributed by atoms with van der Waals surface area (Å²) in [4.78, 5) is 15.6. The Morgan fingerprint density at radius 3 is 2.64 bits per heavy atom. The third kappa shape index (κ3) is 6.58. The lowest BCUT2D eigenvalue weighted by molar-refractivity contribution is -0.140. The van der Waals surface area contributed by atoms with Gasteiger partial charge in [-0.15, -0.1) is 0 Å². The van der Waals surface area contributed by atoms with Crippen LogP contribution in [0, 0.1) is 0 Å². The topological polar surface area (TPSA) is 83.0 Å². The molecule has 0 saturated heterocycles. The third-order valence-electron chi connectivity index (χ3n) is 3.15. The summed E-state index contributed by atoms with van der Waals surface area (Å²) in [7, 11) is 1.37. The molecule has 1 aromatic rings. The van der Waals surface area contributed by atoms with Crippen LogP contribution in [0.3, 0.4) is 0 Å². The Morgan fingerprint density at radius 2 is 2.05 bits per heavy atom. The van der Waals surface area contributed by atoms with Crippen molar-refractivity contribution >= 4 is 11.9 Å². The van der Waals surface area contributed by atoms with Gasteiger partial charge < -0.3 is 20.5 Å². The minimum absolute atomic E-state index is 0.0368. The molecule has 3 N–H and O–H groups in total. The van der Waals surface area contributed by atoms with Gasteiger partial charge in [0.05, 0.1) is 26.7 Å². The lowest BCUT2D eigenvalue weighted by Crippen LogP contribution is -2.38. The standard InChI is InChI=1S/C16H25N3O3/c1-3-17-16(18-10-9-15(21)22-2)19-11-14(12-20)13-7-5-4-6-8-13/h4-8,14,20H,3,9-12H2,1-2H3,(H2,17,18,19). The highest BCUT2D eigenvalue weighted by Gasteiger charge is 2.10. The van der Waals surface area contributed by atoms with Gasteiger partial charge in [0, 0.05) is 19.0 Å². The van der Waals surface area contributed by atoms with Crippen LogP contribution in [-0.2, 0) is 9.53 Å². The van der Waals surface area contributed by atoms with Crippen molar-refractivity contribution in [3.05, 3.63) is 35.9 Å². The van der Waals surface area contributed by atoms with Gasteiger partial charge in [0.2, 0.25) is 0 Å². The van der Waals surface area contributed by atoms with Crippen LogP contribution in [0.1, 0.15) is 24.8 Å². The highest BCUT2D eigenvalue weighted by Crippen LogP contribution is 2.14. The zero-order valence-corrected chi connectivity index (χ0v) is 13.2. The fraction of sp³-hybridized carbons (Fsp3) is 0.500. The molecule has 0 heterocycles. The molecule has 0 saturated carbocycles. The summed E-state index contributed by atoms with van der Waals surface area (Å²) in [6, 6.07) is 9.80. The number of nitrogens with one attached hydrogen (secondary N) is 2. The van der Waals surface area contributed by atoms with Crippen LogP contribution in [0.5, 0.6) is 0 Å². The predicted molar refractivity (Wildman–Crippen MR) is 86.9 cm³/mol. The van der Waals surface area contributed by atoms with Crippen LogP contribution in [0.2, 0.25) is 0 Å². The summed E-state index contributed by atoms with van der Waals surface area (Å²) >= 11 is 0. The number of aliphatic hydroxyl groups is 1. The molecule has 6 nitrogen and oxygen atoms in total. The molecule has 1 atom stereocenters. The molecule has 1 rings (SSSR count). The number of hydrogen-bond acceptors (Lipinski definition) is 4. The van der Waals surface area contributed by atoms with E-state index in [1.54, 1.807) is 0 Å². The summed E-state index contributed by atoms with van der Waals surface area (Å²) in [5.74, 6) is 0.318. The average molecular weight is 307 g/mol. The van der Waals surface area contributed by atoms with Crippen LogP contribution in [-0.4, -0.2) is 50.4 Å². The van der Waals surface area contributed by atoms with Gasteiger partial charge in [-0.2, -0.15) is 0 Å². The number of methoxy groups -OCH3 is 1. The molecule has 0 amide bonds. The zero-order chi connectivity index (χ0) is 16.2.